The Morgan fingerprint density at radius 3 is 3.08 bits per heavy atom. The summed E-state index contributed by atoms with van der Waals surface area (Å²) in [4.78, 5) is 14.5. The van der Waals surface area contributed by atoms with Gasteiger partial charge in [-0.3, -0.25) is 5.10 Å². The molecule has 66 valence electrons. The van der Waals surface area contributed by atoms with Gasteiger partial charge in [-0.15, -0.1) is 0 Å². The van der Waals surface area contributed by atoms with Crippen molar-refractivity contribution < 1.29 is 9.90 Å². The number of pyridine rings is 1. The summed E-state index contributed by atoms with van der Waals surface area (Å²) >= 11 is 0. The molecule has 2 heterocycles. The van der Waals surface area contributed by atoms with Gasteiger partial charge >= 0.3 is 5.97 Å². The van der Waals surface area contributed by atoms with Crippen molar-refractivity contribution in [3.8, 4) is 0 Å². The topological polar surface area (TPSA) is 78.9 Å². The maximum atomic E-state index is 10.6. The number of hydrogen-bond donors (Lipinski definition) is 2. The first kappa shape index (κ1) is 7.72. The monoisotopic (exact) mass is 177 g/mol. The Hall–Kier alpha value is -1.91. The van der Waals surface area contributed by atoms with E-state index in [4.69, 9.17) is 5.11 Å². The van der Waals surface area contributed by atoms with Gasteiger partial charge in [0.1, 0.15) is 0 Å². The lowest BCUT2D eigenvalue weighted by atomic mass is 10.2. The van der Waals surface area contributed by atoms with Crippen LogP contribution in [0, 0.1) is 6.92 Å². The molecule has 0 saturated heterocycles. The molecular weight excluding hydrogens is 170 g/mol. The maximum Gasteiger partial charge on any atom is 0.337 e. The molecule has 2 aromatic rings. The third-order valence-electron chi connectivity index (χ3n) is 1.85. The second kappa shape index (κ2) is 2.55. The summed E-state index contributed by atoms with van der Waals surface area (Å²) in [5.74, 6) is -0.977. The molecule has 0 aliphatic rings. The minimum atomic E-state index is -0.977. The molecule has 5 heteroatoms. The highest BCUT2D eigenvalue weighted by Crippen LogP contribution is 2.13. The van der Waals surface area contributed by atoms with Gasteiger partial charge in [0.2, 0.25) is 0 Å². The van der Waals surface area contributed by atoms with Crippen LogP contribution in [0.3, 0.4) is 0 Å². The first-order chi connectivity index (χ1) is 6.18. The van der Waals surface area contributed by atoms with Gasteiger partial charge in [0.15, 0.2) is 5.65 Å². The fourth-order valence-electron chi connectivity index (χ4n) is 1.14. The number of hydrogen-bond acceptors (Lipinski definition) is 3. The summed E-state index contributed by atoms with van der Waals surface area (Å²) in [6, 6.07) is 1.56. The van der Waals surface area contributed by atoms with E-state index in [9.17, 15) is 4.79 Å². The van der Waals surface area contributed by atoms with Crippen molar-refractivity contribution in [2.75, 3.05) is 0 Å². The lowest BCUT2D eigenvalue weighted by molar-refractivity contribution is 0.0696. The Morgan fingerprint density at radius 1 is 1.62 bits per heavy atom. The van der Waals surface area contributed by atoms with Gasteiger partial charge in [-0.25, -0.2) is 9.78 Å². The van der Waals surface area contributed by atoms with E-state index in [1.807, 2.05) is 0 Å². The molecule has 13 heavy (non-hydrogen) atoms. The molecular formula is C8H7N3O2. The highest BCUT2D eigenvalue weighted by molar-refractivity contribution is 5.92. The number of fused-ring (bicyclic) bond motifs is 1. The van der Waals surface area contributed by atoms with E-state index in [0.717, 1.165) is 11.1 Å². The molecule has 2 aromatic heterocycles. The van der Waals surface area contributed by atoms with E-state index in [2.05, 4.69) is 15.2 Å². The second-order valence-electron chi connectivity index (χ2n) is 2.73. The predicted octanol–water partition coefficient (Wildman–Crippen LogP) is 0.965. The highest BCUT2D eigenvalue weighted by atomic mass is 16.4. The molecule has 2 rings (SSSR count). The largest absolute Gasteiger partial charge is 0.478 e. The van der Waals surface area contributed by atoms with Gasteiger partial charge in [-0.05, 0) is 13.0 Å². The molecule has 2 N–H and O–H groups in total. The minimum Gasteiger partial charge on any atom is -0.478 e. The van der Waals surface area contributed by atoms with Crippen LogP contribution in [0.2, 0.25) is 0 Å². The number of aryl methyl sites for hydroxylation is 1. The van der Waals surface area contributed by atoms with Crippen LogP contribution in [0.1, 0.15) is 16.1 Å². The normalized spacial score (nSPS) is 10.5. The molecule has 5 nitrogen and oxygen atoms in total. The fourth-order valence-corrected chi connectivity index (χ4v) is 1.14. The zero-order valence-corrected chi connectivity index (χ0v) is 6.90. The SMILES string of the molecule is Cc1n[nH]c2ncc(C(=O)O)cc12. The van der Waals surface area contributed by atoms with Crippen molar-refractivity contribution in [3.63, 3.8) is 0 Å². The number of nitrogens with one attached hydrogen (secondary N) is 1. The van der Waals surface area contributed by atoms with Crippen LogP contribution < -0.4 is 0 Å². The van der Waals surface area contributed by atoms with E-state index < -0.39 is 5.97 Å². The van der Waals surface area contributed by atoms with E-state index in [-0.39, 0.29) is 5.56 Å². The van der Waals surface area contributed by atoms with Gasteiger partial charge in [0.25, 0.3) is 0 Å². The van der Waals surface area contributed by atoms with Crippen molar-refractivity contribution in [1.29, 1.82) is 0 Å². The third kappa shape index (κ3) is 1.14. The summed E-state index contributed by atoms with van der Waals surface area (Å²) in [6.45, 7) is 1.80. The standard InChI is InChI=1S/C8H7N3O2/c1-4-6-2-5(8(12)13)3-9-7(6)11-10-4/h2-3H,1H3,(H,12,13)(H,9,10,11). The average molecular weight is 177 g/mol. The molecule has 0 atom stereocenters. The zero-order valence-electron chi connectivity index (χ0n) is 6.90. The van der Waals surface area contributed by atoms with Crippen molar-refractivity contribution in [1.82, 2.24) is 15.2 Å². The molecule has 0 aromatic carbocycles. The van der Waals surface area contributed by atoms with E-state index >= 15 is 0 Å². The van der Waals surface area contributed by atoms with Crippen molar-refractivity contribution in [2.24, 2.45) is 0 Å². The molecule has 0 unspecified atom stereocenters. The van der Waals surface area contributed by atoms with Gasteiger partial charge < -0.3 is 5.11 Å². The maximum absolute atomic E-state index is 10.6. The average Bonchev–Trinajstić information content (AvgIpc) is 2.47. The summed E-state index contributed by atoms with van der Waals surface area (Å²) < 4.78 is 0. The Morgan fingerprint density at radius 2 is 2.38 bits per heavy atom. The first-order valence-electron chi connectivity index (χ1n) is 3.72. The van der Waals surface area contributed by atoms with Crippen LogP contribution in [0.15, 0.2) is 12.3 Å². The molecule has 0 spiro atoms. The van der Waals surface area contributed by atoms with Gasteiger partial charge in [-0.2, -0.15) is 5.10 Å². The smallest absolute Gasteiger partial charge is 0.337 e. The molecule has 0 radical (unpaired) electrons. The number of aromatic carboxylic acids is 1. The van der Waals surface area contributed by atoms with E-state index in [0.29, 0.717) is 5.65 Å². The Kier molecular flexibility index (Phi) is 1.51. The number of carbonyl (C=O) groups is 1. The van der Waals surface area contributed by atoms with Crippen LogP contribution in [0.4, 0.5) is 0 Å². The number of aromatic nitrogens is 3. The number of aromatic amines is 1. The van der Waals surface area contributed by atoms with E-state index in [1.165, 1.54) is 6.20 Å². The second-order valence-corrected chi connectivity index (χ2v) is 2.73. The van der Waals surface area contributed by atoms with Crippen LogP contribution in [-0.4, -0.2) is 26.3 Å². The van der Waals surface area contributed by atoms with Crippen molar-refractivity contribution >= 4 is 17.0 Å². The molecule has 0 fully saturated rings. The van der Waals surface area contributed by atoms with Gasteiger partial charge in [0.05, 0.1) is 11.3 Å². The van der Waals surface area contributed by atoms with Gasteiger partial charge in [0, 0.05) is 11.6 Å². The number of rotatable bonds is 1. The Labute approximate surface area is 73.4 Å². The Bertz CT molecular complexity index is 475. The zero-order chi connectivity index (χ0) is 9.42. The summed E-state index contributed by atoms with van der Waals surface area (Å²) in [5.41, 5.74) is 1.55. The summed E-state index contributed by atoms with van der Waals surface area (Å²) in [6.07, 6.45) is 1.31. The highest BCUT2D eigenvalue weighted by Gasteiger charge is 2.07. The molecule has 0 aliphatic heterocycles. The summed E-state index contributed by atoms with van der Waals surface area (Å²) in [5, 5.41) is 16.1. The number of H-pyrrole nitrogens is 1. The Balaban J connectivity index is 2.72. The van der Waals surface area contributed by atoms with Crippen molar-refractivity contribution in [3.05, 3.63) is 23.5 Å². The number of carboxylic acid groups (broad SMARTS) is 1. The van der Waals surface area contributed by atoms with Crippen LogP contribution in [-0.2, 0) is 0 Å². The van der Waals surface area contributed by atoms with Crippen LogP contribution in [0.25, 0.3) is 11.0 Å². The number of carboxylic acids is 1. The third-order valence-corrected chi connectivity index (χ3v) is 1.85. The molecule has 0 bridgehead atoms. The fraction of sp³-hybridized carbons (Fsp3) is 0.125. The number of nitrogens with zero attached hydrogens (tertiary/aromatic N) is 2. The summed E-state index contributed by atoms with van der Waals surface area (Å²) in [7, 11) is 0. The first-order valence-corrected chi connectivity index (χ1v) is 3.72. The van der Waals surface area contributed by atoms with E-state index in [1.54, 1.807) is 13.0 Å². The lowest BCUT2D eigenvalue weighted by Crippen LogP contribution is -1.96. The van der Waals surface area contributed by atoms with Gasteiger partial charge in [-0.1, -0.05) is 0 Å². The lowest BCUT2D eigenvalue weighted by Gasteiger charge is -1.93. The molecule has 0 saturated carbocycles. The predicted molar refractivity (Wildman–Crippen MR) is 45.6 cm³/mol. The van der Waals surface area contributed by atoms with Crippen LogP contribution in [0.5, 0.6) is 0 Å². The molecule has 0 aliphatic carbocycles. The quantitative estimate of drug-likeness (QED) is 0.680. The van der Waals surface area contributed by atoms with Crippen LogP contribution >= 0.6 is 0 Å². The minimum absolute atomic E-state index is 0.178. The van der Waals surface area contributed by atoms with Crippen molar-refractivity contribution in [2.45, 2.75) is 6.92 Å². The molecule has 0 amide bonds.